The quantitative estimate of drug-likeness (QED) is 0.437. The zero-order valence-electron chi connectivity index (χ0n) is 3.84. The number of thiol groups is 1. The Morgan fingerprint density at radius 1 is 1.14 bits per heavy atom. The number of hydrogen-bond acceptors (Lipinski definition) is 0. The average molecular weight is 189 g/mol. The van der Waals surface area contributed by atoms with Crippen molar-refractivity contribution in [3.63, 3.8) is 0 Å². The minimum Gasteiger partial charge on any atom is -0.176 e. The third-order valence-corrected chi connectivity index (χ3v) is 1.14. The van der Waals surface area contributed by atoms with Gasteiger partial charge in [-0.05, 0) is 10.8 Å². The summed E-state index contributed by atoms with van der Waals surface area (Å²) in [6.45, 7) is 0. The first-order valence-corrected chi connectivity index (χ1v) is 6.72. The van der Waals surface area contributed by atoms with Gasteiger partial charge in [-0.3, -0.25) is 0 Å². The normalized spacial score (nSPS) is 13.4. The number of allylic oxidation sites excluding steroid dienone is 2. The minimum atomic E-state index is 1.33. The largest absolute Gasteiger partial charge is 1.52 e. The summed E-state index contributed by atoms with van der Waals surface area (Å²) in [5.74, 6) is 0. The predicted molar refractivity (Wildman–Crippen MR) is 41.9 cm³/mol. The SMILES string of the molecule is C1=C[SH]C=C1.[Mg+2][Br]. The second-order valence-corrected chi connectivity index (χ2v) is 1.73. The first-order chi connectivity index (χ1) is 3.50. The Bertz CT molecular complexity index is 69.8. The lowest BCUT2D eigenvalue weighted by atomic mass is 10.6. The smallest absolute Gasteiger partial charge is 0.176 e. The van der Waals surface area contributed by atoms with E-state index in [9.17, 15) is 0 Å². The molecule has 0 nitrogen and oxygen atoms in total. The molecule has 1 aliphatic rings. The predicted octanol–water partition coefficient (Wildman–Crippen LogP) is 1.96. The molecule has 3 heteroatoms. The molecule has 0 aliphatic carbocycles. The van der Waals surface area contributed by atoms with Gasteiger partial charge in [0.2, 0.25) is 0 Å². The lowest BCUT2D eigenvalue weighted by molar-refractivity contribution is 2.15. The summed E-state index contributed by atoms with van der Waals surface area (Å²) < 4.78 is 0. The van der Waals surface area contributed by atoms with Crippen LogP contribution in [-0.4, -0.2) is 19.5 Å². The molecule has 0 amide bonds. The molecule has 8 radical (unpaired) electrons. The summed E-state index contributed by atoms with van der Waals surface area (Å²) >= 11 is 5.97. The summed E-state index contributed by atoms with van der Waals surface area (Å²) in [7, 11) is 0. The fourth-order valence-corrected chi connectivity index (χ4v) is 0.745. The zero-order chi connectivity index (χ0) is 5.54. The lowest BCUT2D eigenvalue weighted by Crippen LogP contribution is -1.21. The van der Waals surface area contributed by atoms with Crippen molar-refractivity contribution >= 4 is 44.2 Å². The van der Waals surface area contributed by atoms with Crippen LogP contribution in [0.3, 0.4) is 0 Å². The molecule has 1 rings (SSSR count). The molecule has 0 saturated carbocycles. The summed E-state index contributed by atoms with van der Waals surface area (Å²) in [5, 5.41) is 4.19. The van der Waals surface area contributed by atoms with Crippen LogP contribution in [0.4, 0.5) is 0 Å². The van der Waals surface area contributed by atoms with E-state index in [4.69, 9.17) is 0 Å². The van der Waals surface area contributed by atoms with Gasteiger partial charge in [-0.1, -0.05) is 12.2 Å². The van der Waals surface area contributed by atoms with Crippen LogP contribution in [0.5, 0.6) is 0 Å². The van der Waals surface area contributed by atoms with Crippen molar-refractivity contribution in [2.24, 2.45) is 0 Å². The molecule has 0 aromatic rings. The Labute approximate surface area is 66.7 Å². The van der Waals surface area contributed by atoms with Crippen molar-refractivity contribution in [2.75, 3.05) is 0 Å². The number of rotatable bonds is 0. The Hall–Kier alpha value is 1.08. The van der Waals surface area contributed by atoms with Crippen LogP contribution < -0.4 is 0 Å². The highest BCUT2D eigenvalue weighted by atomic mass is 79.9. The molecule has 0 aromatic carbocycles. The Kier molecular flexibility index (Phi) is 8.16. The van der Waals surface area contributed by atoms with Gasteiger partial charge in [0.15, 0.2) is 0 Å². The van der Waals surface area contributed by atoms with E-state index in [1.54, 1.807) is 19.5 Å². The molecule has 0 unspecified atom stereocenters. The minimum absolute atomic E-state index is 1.33. The van der Waals surface area contributed by atoms with Crippen molar-refractivity contribution in [2.45, 2.75) is 0 Å². The molecule has 0 N–H and O–H groups in total. The third kappa shape index (κ3) is 4.94. The molecule has 0 fully saturated rings. The molecule has 1 heterocycles. The van der Waals surface area contributed by atoms with Crippen molar-refractivity contribution in [3.8, 4) is 0 Å². The van der Waals surface area contributed by atoms with Crippen molar-refractivity contribution in [3.05, 3.63) is 23.0 Å². The second-order valence-electron chi connectivity index (χ2n) is 0.832. The van der Waals surface area contributed by atoms with E-state index < -0.39 is 0 Å². The molecule has 0 aromatic heterocycles. The van der Waals surface area contributed by atoms with Crippen LogP contribution in [0.25, 0.3) is 0 Å². The fourth-order valence-electron chi connectivity index (χ4n) is 0.248. The van der Waals surface area contributed by atoms with Crippen LogP contribution in [0.15, 0.2) is 23.0 Å². The Morgan fingerprint density at radius 2 is 1.57 bits per heavy atom. The van der Waals surface area contributed by atoms with Crippen LogP contribution >= 0.6 is 24.6 Å². The molecule has 0 saturated heterocycles. The maximum Gasteiger partial charge on any atom is 1.52 e. The average Bonchev–Trinajstić information content (AvgIpc) is 2.23. The molecule has 34 valence electrons. The van der Waals surface area contributed by atoms with Gasteiger partial charge >= 0.3 is 32.4 Å². The molecular formula is C4H5BrMgS+2. The maximum atomic E-state index is 2.97. The van der Waals surface area contributed by atoms with Gasteiger partial charge in [-0.2, -0.15) is 11.8 Å². The second kappa shape index (κ2) is 7.08. The van der Waals surface area contributed by atoms with E-state index in [1.165, 1.54) is 11.8 Å². The molecule has 0 atom stereocenters. The van der Waals surface area contributed by atoms with Gasteiger partial charge in [0, 0.05) is 0 Å². The van der Waals surface area contributed by atoms with E-state index in [0.717, 1.165) is 0 Å². The zero-order valence-corrected chi connectivity index (χ0v) is 7.74. The summed E-state index contributed by atoms with van der Waals surface area (Å²) in [6.07, 6.45) is 4.09. The van der Waals surface area contributed by atoms with E-state index in [0.29, 0.717) is 0 Å². The highest BCUT2D eigenvalue weighted by molar-refractivity contribution is 9.22. The highest BCUT2D eigenvalue weighted by Crippen LogP contribution is 2.09. The number of hydrogen-bond donors (Lipinski definition) is 1. The standard InChI is InChI=1S/C4H5S.BrH.Mg/c1-2-4-5-3-1;;/h1-5H;1H;/q;;+3/p-1. The van der Waals surface area contributed by atoms with Gasteiger partial charge in [0.05, 0.1) is 0 Å². The first kappa shape index (κ1) is 8.08. The molecular weight excluding hydrogens is 184 g/mol. The molecule has 7 heavy (non-hydrogen) atoms. The van der Waals surface area contributed by atoms with E-state index in [-0.39, 0.29) is 0 Å². The van der Waals surface area contributed by atoms with E-state index in [2.05, 4.69) is 23.7 Å². The van der Waals surface area contributed by atoms with E-state index >= 15 is 0 Å². The van der Waals surface area contributed by atoms with Crippen LogP contribution in [0, 0.1) is 0 Å². The number of halogens is 1. The Balaban J connectivity index is 0.000000162. The van der Waals surface area contributed by atoms with Crippen molar-refractivity contribution in [1.82, 2.24) is 0 Å². The molecule has 0 spiro atoms. The molecule has 0 bridgehead atoms. The first-order valence-electron chi connectivity index (χ1n) is 1.78. The van der Waals surface area contributed by atoms with Crippen LogP contribution in [0.2, 0.25) is 0 Å². The van der Waals surface area contributed by atoms with Crippen LogP contribution in [-0.2, 0) is 0 Å². The molecule has 1 aliphatic heterocycles. The van der Waals surface area contributed by atoms with Gasteiger partial charge in [0.25, 0.3) is 0 Å². The van der Waals surface area contributed by atoms with Crippen molar-refractivity contribution in [1.29, 1.82) is 0 Å². The summed E-state index contributed by atoms with van der Waals surface area (Å²) in [5.41, 5.74) is 0. The maximum absolute atomic E-state index is 2.97. The van der Waals surface area contributed by atoms with Gasteiger partial charge in [0.1, 0.15) is 0 Å². The van der Waals surface area contributed by atoms with Gasteiger partial charge < -0.3 is 0 Å². The van der Waals surface area contributed by atoms with E-state index in [1.807, 2.05) is 12.2 Å². The van der Waals surface area contributed by atoms with Crippen LogP contribution in [0.1, 0.15) is 0 Å². The monoisotopic (exact) mass is 188 g/mol. The third-order valence-electron chi connectivity index (χ3n) is 0.455. The van der Waals surface area contributed by atoms with Crippen molar-refractivity contribution < 1.29 is 0 Å². The summed E-state index contributed by atoms with van der Waals surface area (Å²) in [6, 6.07) is 0. The van der Waals surface area contributed by atoms with Gasteiger partial charge in [-0.25, -0.2) is 0 Å². The van der Waals surface area contributed by atoms with Gasteiger partial charge in [-0.15, -0.1) is 0 Å². The highest BCUT2D eigenvalue weighted by Gasteiger charge is 2.13. The summed E-state index contributed by atoms with van der Waals surface area (Å²) in [4.78, 5) is 0. The fraction of sp³-hybridized carbons (Fsp3) is 0. The topological polar surface area (TPSA) is 0 Å². The lowest BCUT2D eigenvalue weighted by Gasteiger charge is -1.62. The Morgan fingerprint density at radius 3 is 1.71 bits per heavy atom.